The highest BCUT2D eigenvalue weighted by Crippen LogP contribution is 2.27. The van der Waals surface area contributed by atoms with Gasteiger partial charge in [0.1, 0.15) is 5.82 Å². The molecule has 2 amide bonds. The van der Waals surface area contributed by atoms with E-state index in [0.717, 1.165) is 30.0 Å². The van der Waals surface area contributed by atoms with Gasteiger partial charge in [0.2, 0.25) is 5.91 Å². The van der Waals surface area contributed by atoms with Crippen LogP contribution in [0.4, 0.5) is 5.69 Å². The molecule has 0 spiro atoms. The van der Waals surface area contributed by atoms with Crippen molar-refractivity contribution in [2.24, 2.45) is 0 Å². The highest BCUT2D eigenvalue weighted by Gasteiger charge is 2.15. The standard InChI is InChI=1S/C24H26N4O4/c1-31-20-10-9-17(13-21(20)32-2)24(30)25-14-23(29)26-18-7-5-6-16(12-18)19-15-28-11-4-3-8-22(28)27-19/h5-7,9-10,12-13,15H,3-4,8,11,14H2,1-2H3,(H,25,30)(H,26,29). The third kappa shape index (κ3) is 4.74. The van der Waals surface area contributed by atoms with E-state index in [1.807, 2.05) is 24.3 Å². The summed E-state index contributed by atoms with van der Waals surface area (Å²) in [5.74, 6) is 1.39. The number of imidazole rings is 1. The van der Waals surface area contributed by atoms with Crippen molar-refractivity contribution >= 4 is 17.5 Å². The SMILES string of the molecule is COc1ccc(C(=O)NCC(=O)Nc2cccc(-c3cn4c(n3)CCCC4)c2)cc1OC. The Labute approximate surface area is 186 Å². The fourth-order valence-corrected chi connectivity index (χ4v) is 3.75. The summed E-state index contributed by atoms with van der Waals surface area (Å²) in [5.41, 5.74) is 2.87. The van der Waals surface area contributed by atoms with Gasteiger partial charge in [-0.1, -0.05) is 12.1 Å². The number of amides is 2. The van der Waals surface area contributed by atoms with Crippen molar-refractivity contribution < 1.29 is 19.1 Å². The van der Waals surface area contributed by atoms with Gasteiger partial charge >= 0.3 is 0 Å². The second kappa shape index (κ2) is 9.55. The van der Waals surface area contributed by atoms with Crippen LogP contribution in [0.2, 0.25) is 0 Å². The molecule has 1 aliphatic rings. The molecule has 0 fully saturated rings. The lowest BCUT2D eigenvalue weighted by atomic mass is 10.1. The van der Waals surface area contributed by atoms with Crippen molar-refractivity contribution in [1.82, 2.24) is 14.9 Å². The minimum atomic E-state index is -0.376. The Balaban J connectivity index is 1.37. The molecule has 0 radical (unpaired) electrons. The third-order valence-corrected chi connectivity index (χ3v) is 5.41. The van der Waals surface area contributed by atoms with Crippen molar-refractivity contribution in [2.75, 3.05) is 26.1 Å². The van der Waals surface area contributed by atoms with Crippen LogP contribution in [0.3, 0.4) is 0 Å². The normalized spacial score (nSPS) is 12.6. The largest absolute Gasteiger partial charge is 0.493 e. The van der Waals surface area contributed by atoms with Gasteiger partial charge in [-0.3, -0.25) is 9.59 Å². The average molecular weight is 434 g/mol. The van der Waals surface area contributed by atoms with Gasteiger partial charge in [0.25, 0.3) is 5.91 Å². The number of aromatic nitrogens is 2. The molecule has 1 aliphatic heterocycles. The third-order valence-electron chi connectivity index (χ3n) is 5.41. The molecular weight excluding hydrogens is 408 g/mol. The van der Waals surface area contributed by atoms with E-state index in [1.54, 1.807) is 18.2 Å². The Morgan fingerprint density at radius 3 is 2.69 bits per heavy atom. The molecule has 2 N–H and O–H groups in total. The van der Waals surface area contributed by atoms with Crippen LogP contribution in [0.5, 0.6) is 11.5 Å². The van der Waals surface area contributed by atoms with Gasteiger partial charge in [-0.15, -0.1) is 0 Å². The number of benzene rings is 2. The molecule has 0 saturated carbocycles. The Bertz CT molecular complexity index is 1120. The van der Waals surface area contributed by atoms with E-state index in [0.29, 0.717) is 22.7 Å². The van der Waals surface area contributed by atoms with E-state index < -0.39 is 0 Å². The lowest BCUT2D eigenvalue weighted by molar-refractivity contribution is -0.115. The van der Waals surface area contributed by atoms with Crippen LogP contribution in [-0.4, -0.2) is 42.1 Å². The number of hydrogen-bond acceptors (Lipinski definition) is 5. The van der Waals surface area contributed by atoms with Crippen molar-refractivity contribution in [3.63, 3.8) is 0 Å². The van der Waals surface area contributed by atoms with Crippen LogP contribution >= 0.6 is 0 Å². The minimum Gasteiger partial charge on any atom is -0.493 e. The topological polar surface area (TPSA) is 94.5 Å². The van der Waals surface area contributed by atoms with Gasteiger partial charge in [0.05, 0.1) is 26.5 Å². The summed E-state index contributed by atoms with van der Waals surface area (Å²) in [5, 5.41) is 5.45. The summed E-state index contributed by atoms with van der Waals surface area (Å²) in [6, 6.07) is 12.4. The lowest BCUT2D eigenvalue weighted by Crippen LogP contribution is -2.32. The van der Waals surface area contributed by atoms with Gasteiger partial charge in [-0.25, -0.2) is 4.98 Å². The summed E-state index contributed by atoms with van der Waals surface area (Å²) >= 11 is 0. The molecule has 1 aromatic heterocycles. The van der Waals surface area contributed by atoms with E-state index in [4.69, 9.17) is 14.5 Å². The maximum absolute atomic E-state index is 12.4. The van der Waals surface area contributed by atoms with Crippen LogP contribution in [0.25, 0.3) is 11.3 Å². The van der Waals surface area contributed by atoms with Crippen molar-refractivity contribution in [1.29, 1.82) is 0 Å². The Morgan fingerprint density at radius 1 is 1.06 bits per heavy atom. The number of anilines is 1. The molecule has 8 heteroatoms. The van der Waals surface area contributed by atoms with Crippen molar-refractivity contribution in [3.8, 4) is 22.8 Å². The molecular formula is C24H26N4O4. The maximum Gasteiger partial charge on any atom is 0.251 e. The summed E-state index contributed by atoms with van der Waals surface area (Å²) in [4.78, 5) is 29.5. The van der Waals surface area contributed by atoms with Crippen LogP contribution in [0, 0.1) is 0 Å². The molecule has 3 aromatic rings. The number of carbonyl (C=O) groups excluding carboxylic acids is 2. The number of ether oxygens (including phenoxy) is 2. The first kappa shape index (κ1) is 21.4. The summed E-state index contributed by atoms with van der Waals surface area (Å²) < 4.78 is 12.6. The number of fused-ring (bicyclic) bond motifs is 1. The quantitative estimate of drug-likeness (QED) is 0.595. The molecule has 2 aromatic carbocycles. The summed E-state index contributed by atoms with van der Waals surface area (Å²) in [7, 11) is 3.03. The molecule has 32 heavy (non-hydrogen) atoms. The van der Waals surface area contributed by atoms with Crippen LogP contribution < -0.4 is 20.1 Å². The van der Waals surface area contributed by atoms with Gasteiger partial charge in [-0.2, -0.15) is 0 Å². The first-order chi connectivity index (χ1) is 15.6. The average Bonchev–Trinajstić information content (AvgIpc) is 3.26. The molecule has 8 nitrogen and oxygen atoms in total. The van der Waals surface area contributed by atoms with Crippen LogP contribution in [-0.2, 0) is 17.8 Å². The van der Waals surface area contributed by atoms with Gasteiger partial charge in [0, 0.05) is 36.0 Å². The number of aryl methyl sites for hydroxylation is 2. The van der Waals surface area contributed by atoms with Gasteiger partial charge in [0.15, 0.2) is 11.5 Å². The Hall–Kier alpha value is -3.81. The highest BCUT2D eigenvalue weighted by atomic mass is 16.5. The summed E-state index contributed by atoms with van der Waals surface area (Å²) in [6.45, 7) is 0.842. The smallest absolute Gasteiger partial charge is 0.251 e. The molecule has 0 atom stereocenters. The highest BCUT2D eigenvalue weighted by molar-refractivity contribution is 5.99. The number of hydrogen-bond donors (Lipinski definition) is 2. The lowest BCUT2D eigenvalue weighted by Gasteiger charge is -2.11. The molecule has 2 heterocycles. The predicted molar refractivity (Wildman–Crippen MR) is 121 cm³/mol. The monoisotopic (exact) mass is 434 g/mol. The van der Waals surface area contributed by atoms with E-state index in [9.17, 15) is 9.59 Å². The zero-order valence-electron chi connectivity index (χ0n) is 18.2. The zero-order chi connectivity index (χ0) is 22.5. The Morgan fingerprint density at radius 2 is 1.91 bits per heavy atom. The molecule has 0 bridgehead atoms. The zero-order valence-corrected chi connectivity index (χ0v) is 18.2. The molecule has 166 valence electrons. The van der Waals surface area contributed by atoms with Crippen LogP contribution in [0.1, 0.15) is 29.0 Å². The number of nitrogens with one attached hydrogen (secondary N) is 2. The first-order valence-electron chi connectivity index (χ1n) is 10.5. The number of carbonyl (C=O) groups is 2. The number of methoxy groups -OCH3 is 2. The fraction of sp³-hybridized carbons (Fsp3) is 0.292. The van der Waals surface area contributed by atoms with Crippen LogP contribution in [0.15, 0.2) is 48.7 Å². The number of rotatable bonds is 7. The maximum atomic E-state index is 12.4. The van der Waals surface area contributed by atoms with Gasteiger partial charge in [-0.05, 0) is 43.2 Å². The number of nitrogens with zero attached hydrogens (tertiary/aromatic N) is 2. The van der Waals surface area contributed by atoms with Crippen molar-refractivity contribution in [2.45, 2.75) is 25.8 Å². The molecule has 0 saturated heterocycles. The fourth-order valence-electron chi connectivity index (χ4n) is 3.75. The van der Waals surface area contributed by atoms with Crippen molar-refractivity contribution in [3.05, 3.63) is 60.0 Å². The minimum absolute atomic E-state index is 0.157. The summed E-state index contributed by atoms with van der Waals surface area (Å²) in [6.07, 6.45) is 5.41. The molecule has 4 rings (SSSR count). The Kier molecular flexibility index (Phi) is 6.39. The predicted octanol–water partition coefficient (Wildman–Crippen LogP) is 3.27. The van der Waals surface area contributed by atoms with E-state index in [-0.39, 0.29) is 18.4 Å². The van der Waals surface area contributed by atoms with E-state index in [2.05, 4.69) is 21.4 Å². The first-order valence-corrected chi connectivity index (χ1v) is 10.5. The van der Waals surface area contributed by atoms with E-state index >= 15 is 0 Å². The van der Waals surface area contributed by atoms with E-state index in [1.165, 1.54) is 27.1 Å². The molecule has 0 unspecified atom stereocenters. The second-order valence-corrected chi connectivity index (χ2v) is 7.57. The van der Waals surface area contributed by atoms with Gasteiger partial charge < -0.3 is 24.7 Å². The molecule has 0 aliphatic carbocycles. The second-order valence-electron chi connectivity index (χ2n) is 7.57.